The Morgan fingerprint density at radius 1 is 1.11 bits per heavy atom. The van der Waals surface area contributed by atoms with Gasteiger partial charge in [0.15, 0.2) is 0 Å². The second-order valence-corrected chi connectivity index (χ2v) is 4.64. The summed E-state index contributed by atoms with van der Waals surface area (Å²) in [7, 11) is 0. The van der Waals surface area contributed by atoms with Crippen LogP contribution in [0.1, 0.15) is 12.5 Å². The molecule has 1 N–H and O–H groups in total. The van der Waals surface area contributed by atoms with Crippen LogP contribution < -0.4 is 0 Å². The largest absolute Gasteiger partial charge is 0.478 e. The highest BCUT2D eigenvalue weighted by Gasteiger charge is 2.03. The van der Waals surface area contributed by atoms with E-state index in [2.05, 4.69) is 0 Å². The molecule has 0 saturated heterocycles. The van der Waals surface area contributed by atoms with Crippen molar-refractivity contribution < 1.29 is 9.90 Å². The summed E-state index contributed by atoms with van der Waals surface area (Å²) in [5.41, 5.74) is 3.14. The van der Waals surface area contributed by atoms with Crippen LogP contribution in [0.5, 0.6) is 0 Å². The maximum absolute atomic E-state index is 10.8. The molecular weight excluding hydrogens is 260 g/mol. The second kappa shape index (κ2) is 5.72. The standard InChI is InChI=1S/C16H13ClO2/c1-11(16(18)19)10-12-6-8-13(9-7-12)14-4-2-3-5-15(14)17/h2-10H,1H3,(H,18,19)/b11-10+. The van der Waals surface area contributed by atoms with E-state index < -0.39 is 5.97 Å². The van der Waals surface area contributed by atoms with Crippen LogP contribution in [0, 0.1) is 0 Å². The molecule has 0 aromatic heterocycles. The predicted octanol–water partition coefficient (Wildman–Crippen LogP) is 4.49. The van der Waals surface area contributed by atoms with Gasteiger partial charge in [0.2, 0.25) is 0 Å². The lowest BCUT2D eigenvalue weighted by atomic mass is 10.0. The number of benzene rings is 2. The van der Waals surface area contributed by atoms with Gasteiger partial charge in [-0.05, 0) is 30.2 Å². The molecule has 0 atom stereocenters. The van der Waals surface area contributed by atoms with Crippen molar-refractivity contribution >= 4 is 23.6 Å². The molecule has 2 aromatic rings. The van der Waals surface area contributed by atoms with Crippen LogP contribution in [0.2, 0.25) is 5.02 Å². The molecule has 19 heavy (non-hydrogen) atoms. The Morgan fingerprint density at radius 3 is 2.32 bits per heavy atom. The van der Waals surface area contributed by atoms with Gasteiger partial charge in [0.25, 0.3) is 0 Å². The second-order valence-electron chi connectivity index (χ2n) is 4.23. The molecule has 0 fully saturated rings. The number of carboxylic acids is 1. The van der Waals surface area contributed by atoms with Crippen LogP contribution in [-0.2, 0) is 4.79 Å². The van der Waals surface area contributed by atoms with Gasteiger partial charge in [0.1, 0.15) is 0 Å². The Bertz CT molecular complexity index is 627. The maximum atomic E-state index is 10.8. The van der Waals surface area contributed by atoms with Crippen LogP contribution in [-0.4, -0.2) is 11.1 Å². The van der Waals surface area contributed by atoms with Crippen molar-refractivity contribution in [3.8, 4) is 11.1 Å². The zero-order valence-corrected chi connectivity index (χ0v) is 11.2. The molecule has 0 spiro atoms. The normalized spacial score (nSPS) is 11.4. The average Bonchev–Trinajstić information content (AvgIpc) is 2.40. The summed E-state index contributed by atoms with van der Waals surface area (Å²) in [6.45, 7) is 1.57. The Hall–Kier alpha value is -2.06. The fraction of sp³-hybridized carbons (Fsp3) is 0.0625. The van der Waals surface area contributed by atoms with E-state index in [9.17, 15) is 4.79 Å². The molecule has 2 aromatic carbocycles. The van der Waals surface area contributed by atoms with Crippen molar-refractivity contribution in [1.29, 1.82) is 0 Å². The molecule has 0 radical (unpaired) electrons. The van der Waals surface area contributed by atoms with Gasteiger partial charge in [-0.1, -0.05) is 54.1 Å². The minimum atomic E-state index is -0.907. The number of rotatable bonds is 3. The van der Waals surface area contributed by atoms with Gasteiger partial charge in [0, 0.05) is 16.2 Å². The van der Waals surface area contributed by atoms with Crippen LogP contribution in [0.25, 0.3) is 17.2 Å². The number of halogens is 1. The van der Waals surface area contributed by atoms with E-state index in [0.717, 1.165) is 16.7 Å². The molecule has 2 rings (SSSR count). The third kappa shape index (κ3) is 3.24. The van der Waals surface area contributed by atoms with E-state index in [1.807, 2.05) is 48.5 Å². The SMILES string of the molecule is C/C(=C\c1ccc(-c2ccccc2Cl)cc1)C(=O)O. The fourth-order valence-electron chi connectivity index (χ4n) is 1.77. The maximum Gasteiger partial charge on any atom is 0.331 e. The van der Waals surface area contributed by atoms with E-state index in [1.54, 1.807) is 13.0 Å². The number of hydrogen-bond acceptors (Lipinski definition) is 1. The Morgan fingerprint density at radius 2 is 1.74 bits per heavy atom. The molecule has 0 saturated carbocycles. The van der Waals surface area contributed by atoms with Gasteiger partial charge in [0.05, 0.1) is 0 Å². The number of carbonyl (C=O) groups is 1. The molecule has 0 aliphatic rings. The van der Waals surface area contributed by atoms with Crippen LogP contribution >= 0.6 is 11.6 Å². The highest BCUT2D eigenvalue weighted by Crippen LogP contribution is 2.27. The summed E-state index contributed by atoms with van der Waals surface area (Å²) < 4.78 is 0. The molecule has 0 heterocycles. The zero-order chi connectivity index (χ0) is 13.8. The van der Waals surface area contributed by atoms with Crippen molar-refractivity contribution in [2.75, 3.05) is 0 Å². The molecule has 0 aliphatic heterocycles. The highest BCUT2D eigenvalue weighted by atomic mass is 35.5. The summed E-state index contributed by atoms with van der Waals surface area (Å²) in [5.74, 6) is -0.907. The van der Waals surface area contributed by atoms with Gasteiger partial charge in [-0.25, -0.2) is 4.79 Å². The van der Waals surface area contributed by atoms with Crippen LogP contribution in [0.3, 0.4) is 0 Å². The monoisotopic (exact) mass is 272 g/mol. The molecule has 0 bridgehead atoms. The van der Waals surface area contributed by atoms with Gasteiger partial charge in [-0.15, -0.1) is 0 Å². The summed E-state index contributed by atoms with van der Waals surface area (Å²) >= 11 is 6.13. The minimum absolute atomic E-state index is 0.311. The molecule has 2 nitrogen and oxygen atoms in total. The predicted molar refractivity (Wildman–Crippen MR) is 78.2 cm³/mol. The Labute approximate surface area is 117 Å². The van der Waals surface area contributed by atoms with Crippen LogP contribution in [0.15, 0.2) is 54.1 Å². The lowest BCUT2D eigenvalue weighted by molar-refractivity contribution is -0.132. The molecule has 0 amide bonds. The van der Waals surface area contributed by atoms with E-state index in [4.69, 9.17) is 16.7 Å². The summed E-state index contributed by atoms with van der Waals surface area (Å²) in [5, 5.41) is 9.53. The van der Waals surface area contributed by atoms with E-state index in [0.29, 0.717) is 10.6 Å². The number of aliphatic carboxylic acids is 1. The van der Waals surface area contributed by atoms with E-state index >= 15 is 0 Å². The zero-order valence-electron chi connectivity index (χ0n) is 10.4. The lowest BCUT2D eigenvalue weighted by Gasteiger charge is -2.04. The van der Waals surface area contributed by atoms with Gasteiger partial charge in [-0.3, -0.25) is 0 Å². The van der Waals surface area contributed by atoms with Crippen molar-refractivity contribution in [2.45, 2.75) is 6.92 Å². The third-order valence-electron chi connectivity index (χ3n) is 2.82. The summed E-state index contributed by atoms with van der Waals surface area (Å²) in [6.07, 6.45) is 1.64. The van der Waals surface area contributed by atoms with Crippen LogP contribution in [0.4, 0.5) is 0 Å². The van der Waals surface area contributed by atoms with Gasteiger partial charge >= 0.3 is 5.97 Å². The highest BCUT2D eigenvalue weighted by molar-refractivity contribution is 6.33. The Kier molecular flexibility index (Phi) is 4.03. The lowest BCUT2D eigenvalue weighted by Crippen LogP contribution is -1.95. The number of hydrogen-bond donors (Lipinski definition) is 1. The summed E-state index contributed by atoms with van der Waals surface area (Å²) in [4.78, 5) is 10.8. The van der Waals surface area contributed by atoms with Gasteiger partial charge < -0.3 is 5.11 Å². The first-order valence-electron chi connectivity index (χ1n) is 5.84. The van der Waals surface area contributed by atoms with Crippen molar-refractivity contribution in [3.05, 3.63) is 64.7 Å². The minimum Gasteiger partial charge on any atom is -0.478 e. The van der Waals surface area contributed by atoms with Crippen molar-refractivity contribution in [2.24, 2.45) is 0 Å². The Balaban J connectivity index is 2.32. The topological polar surface area (TPSA) is 37.3 Å². The molecule has 3 heteroatoms. The van der Waals surface area contributed by atoms with Crippen molar-refractivity contribution in [3.63, 3.8) is 0 Å². The first-order chi connectivity index (χ1) is 9.08. The fourth-order valence-corrected chi connectivity index (χ4v) is 2.01. The molecule has 0 aliphatic carbocycles. The molecule has 96 valence electrons. The molecular formula is C16H13ClO2. The first-order valence-corrected chi connectivity index (χ1v) is 6.22. The third-order valence-corrected chi connectivity index (χ3v) is 3.15. The van der Waals surface area contributed by atoms with E-state index in [-0.39, 0.29) is 0 Å². The van der Waals surface area contributed by atoms with Gasteiger partial charge in [-0.2, -0.15) is 0 Å². The smallest absolute Gasteiger partial charge is 0.331 e. The quantitative estimate of drug-likeness (QED) is 0.836. The first kappa shape index (κ1) is 13.4. The average molecular weight is 273 g/mol. The van der Waals surface area contributed by atoms with Crippen molar-refractivity contribution in [1.82, 2.24) is 0 Å². The molecule has 0 unspecified atom stereocenters. The summed E-state index contributed by atoms with van der Waals surface area (Å²) in [6, 6.07) is 15.2. The van der Waals surface area contributed by atoms with E-state index in [1.165, 1.54) is 0 Å². The number of carboxylic acid groups (broad SMARTS) is 1.